The molecule has 1 saturated heterocycles. The molecule has 0 bridgehead atoms. The smallest absolute Gasteiger partial charge is 0.260 e. The number of aryl methyl sites for hydroxylation is 1. The van der Waals surface area contributed by atoms with E-state index in [9.17, 15) is 9.59 Å². The number of piperidine rings is 1. The third-order valence-corrected chi connectivity index (χ3v) is 7.11. The van der Waals surface area contributed by atoms with Crippen molar-refractivity contribution in [3.63, 3.8) is 0 Å². The lowest BCUT2D eigenvalue weighted by Crippen LogP contribution is -2.41. The number of likely N-dealkylation sites (tertiary alicyclic amines) is 1. The van der Waals surface area contributed by atoms with Crippen LogP contribution >= 0.6 is 22.9 Å². The SMILES string of the molecule is Cc1ccc(C(=O)NCCc2cccs2)c(C2CCN(C(=O)COc3cccc(Cl)c3)CC2)n1. The highest BCUT2D eigenvalue weighted by molar-refractivity contribution is 7.09. The molecule has 2 amide bonds. The Morgan fingerprint density at radius 1 is 1.18 bits per heavy atom. The molecule has 1 aliphatic rings. The average molecular weight is 498 g/mol. The number of carbonyl (C=O) groups is 2. The zero-order valence-electron chi connectivity index (χ0n) is 19.1. The minimum absolute atomic E-state index is 0.0222. The van der Waals surface area contributed by atoms with Crippen LogP contribution in [0.1, 0.15) is 45.4 Å². The van der Waals surface area contributed by atoms with Gasteiger partial charge in [-0.25, -0.2) is 0 Å². The summed E-state index contributed by atoms with van der Waals surface area (Å²) in [6.45, 7) is 3.72. The molecule has 1 N–H and O–H groups in total. The Morgan fingerprint density at radius 3 is 2.74 bits per heavy atom. The molecule has 2 aromatic heterocycles. The zero-order chi connectivity index (χ0) is 23.9. The van der Waals surface area contributed by atoms with Crippen molar-refractivity contribution in [3.8, 4) is 5.75 Å². The van der Waals surface area contributed by atoms with E-state index in [1.807, 2.05) is 35.4 Å². The number of thiophene rings is 1. The van der Waals surface area contributed by atoms with Crippen LogP contribution in [0.15, 0.2) is 53.9 Å². The van der Waals surface area contributed by atoms with Gasteiger partial charge in [-0.3, -0.25) is 14.6 Å². The summed E-state index contributed by atoms with van der Waals surface area (Å²) in [7, 11) is 0. The Bertz CT molecular complexity index is 1130. The molecule has 1 aliphatic heterocycles. The number of rotatable bonds is 8. The molecule has 3 aromatic rings. The van der Waals surface area contributed by atoms with Crippen LogP contribution in [0, 0.1) is 6.92 Å². The fraction of sp³-hybridized carbons (Fsp3) is 0.346. The molecule has 0 saturated carbocycles. The number of ether oxygens (including phenoxy) is 1. The van der Waals surface area contributed by atoms with Crippen molar-refractivity contribution >= 4 is 34.8 Å². The number of amides is 2. The second kappa shape index (κ2) is 11.5. The molecule has 0 unspecified atom stereocenters. The molecule has 178 valence electrons. The Balaban J connectivity index is 1.32. The van der Waals surface area contributed by atoms with Gasteiger partial charge in [0.05, 0.1) is 11.3 Å². The van der Waals surface area contributed by atoms with Crippen LogP contribution in [0.4, 0.5) is 0 Å². The molecule has 4 rings (SSSR count). The first kappa shape index (κ1) is 24.2. The summed E-state index contributed by atoms with van der Waals surface area (Å²) in [6.07, 6.45) is 2.33. The first-order chi connectivity index (χ1) is 16.5. The third-order valence-electron chi connectivity index (χ3n) is 5.94. The van der Waals surface area contributed by atoms with Crippen LogP contribution in [0.25, 0.3) is 0 Å². The third kappa shape index (κ3) is 6.36. The van der Waals surface area contributed by atoms with E-state index in [1.54, 1.807) is 35.6 Å². The van der Waals surface area contributed by atoms with Gasteiger partial charge in [0.15, 0.2) is 6.61 Å². The molecule has 0 spiro atoms. The van der Waals surface area contributed by atoms with Gasteiger partial charge in [0.25, 0.3) is 11.8 Å². The summed E-state index contributed by atoms with van der Waals surface area (Å²) < 4.78 is 5.60. The Labute approximate surface area is 208 Å². The molecular formula is C26H28ClN3O3S. The lowest BCUT2D eigenvalue weighted by Gasteiger charge is -2.32. The van der Waals surface area contributed by atoms with Gasteiger partial charge in [-0.05, 0) is 68.0 Å². The van der Waals surface area contributed by atoms with Crippen molar-refractivity contribution < 1.29 is 14.3 Å². The van der Waals surface area contributed by atoms with Crippen molar-refractivity contribution in [2.45, 2.75) is 32.1 Å². The highest BCUT2D eigenvalue weighted by atomic mass is 35.5. The summed E-state index contributed by atoms with van der Waals surface area (Å²) in [5.41, 5.74) is 2.35. The van der Waals surface area contributed by atoms with Crippen LogP contribution in [-0.2, 0) is 11.2 Å². The minimum atomic E-state index is -0.0903. The quantitative estimate of drug-likeness (QED) is 0.482. The van der Waals surface area contributed by atoms with Crippen molar-refractivity contribution in [1.82, 2.24) is 15.2 Å². The Morgan fingerprint density at radius 2 is 2.00 bits per heavy atom. The summed E-state index contributed by atoms with van der Waals surface area (Å²) in [5.74, 6) is 0.569. The lowest BCUT2D eigenvalue weighted by atomic mass is 9.89. The molecule has 0 atom stereocenters. The van der Waals surface area contributed by atoms with E-state index in [2.05, 4.69) is 11.4 Å². The number of carbonyl (C=O) groups excluding carboxylic acids is 2. The minimum Gasteiger partial charge on any atom is -0.484 e. The molecular weight excluding hydrogens is 470 g/mol. The number of hydrogen-bond acceptors (Lipinski definition) is 5. The molecule has 6 nitrogen and oxygen atoms in total. The highest BCUT2D eigenvalue weighted by Gasteiger charge is 2.28. The van der Waals surface area contributed by atoms with Crippen molar-refractivity contribution in [2.24, 2.45) is 0 Å². The predicted octanol–water partition coefficient (Wildman–Crippen LogP) is 4.86. The van der Waals surface area contributed by atoms with E-state index >= 15 is 0 Å². The van der Waals surface area contributed by atoms with Gasteiger partial charge in [-0.15, -0.1) is 11.3 Å². The Kier molecular flexibility index (Phi) is 8.19. The number of nitrogens with one attached hydrogen (secondary N) is 1. The number of pyridine rings is 1. The number of halogens is 1. The van der Waals surface area contributed by atoms with Gasteiger partial charge < -0.3 is 15.0 Å². The molecule has 3 heterocycles. The predicted molar refractivity (Wildman–Crippen MR) is 135 cm³/mol. The van der Waals surface area contributed by atoms with E-state index in [4.69, 9.17) is 21.3 Å². The first-order valence-corrected chi connectivity index (χ1v) is 12.7. The lowest BCUT2D eigenvalue weighted by molar-refractivity contribution is -0.134. The maximum absolute atomic E-state index is 12.9. The summed E-state index contributed by atoms with van der Waals surface area (Å²) in [6, 6.07) is 14.9. The van der Waals surface area contributed by atoms with E-state index < -0.39 is 0 Å². The molecule has 0 aliphatic carbocycles. The molecule has 8 heteroatoms. The summed E-state index contributed by atoms with van der Waals surface area (Å²) >= 11 is 7.66. The van der Waals surface area contributed by atoms with E-state index in [-0.39, 0.29) is 24.3 Å². The van der Waals surface area contributed by atoms with Crippen molar-refractivity contribution in [2.75, 3.05) is 26.2 Å². The average Bonchev–Trinajstić information content (AvgIpc) is 3.36. The standard InChI is InChI=1S/C26H28ClN3O3S/c1-18-7-8-23(26(32)28-12-9-22-6-3-15-34-22)25(29-18)19-10-13-30(14-11-19)24(31)17-33-21-5-2-4-20(27)16-21/h2-8,15-16,19H,9-14,17H2,1H3,(H,28,32). The fourth-order valence-electron chi connectivity index (χ4n) is 4.12. The number of aromatic nitrogens is 1. The second-order valence-corrected chi connectivity index (χ2v) is 9.84. The maximum atomic E-state index is 12.9. The normalized spacial score (nSPS) is 14.1. The highest BCUT2D eigenvalue weighted by Crippen LogP contribution is 2.29. The number of benzene rings is 1. The second-order valence-electron chi connectivity index (χ2n) is 8.37. The van der Waals surface area contributed by atoms with Crippen LogP contribution in [-0.4, -0.2) is 47.9 Å². The van der Waals surface area contributed by atoms with Crippen molar-refractivity contribution in [1.29, 1.82) is 0 Å². The van der Waals surface area contributed by atoms with E-state index in [1.165, 1.54) is 4.88 Å². The van der Waals surface area contributed by atoms with Gasteiger partial charge in [0.1, 0.15) is 5.75 Å². The molecule has 1 aromatic carbocycles. The molecule has 34 heavy (non-hydrogen) atoms. The van der Waals surface area contributed by atoms with Crippen LogP contribution in [0.2, 0.25) is 5.02 Å². The zero-order valence-corrected chi connectivity index (χ0v) is 20.7. The van der Waals surface area contributed by atoms with Crippen LogP contribution < -0.4 is 10.1 Å². The molecule has 0 radical (unpaired) electrons. The van der Waals surface area contributed by atoms with Gasteiger partial charge >= 0.3 is 0 Å². The van der Waals surface area contributed by atoms with Gasteiger partial charge in [-0.1, -0.05) is 23.7 Å². The van der Waals surface area contributed by atoms with Gasteiger partial charge in [0.2, 0.25) is 0 Å². The Hall–Kier alpha value is -2.90. The summed E-state index contributed by atoms with van der Waals surface area (Å²) in [5, 5.41) is 5.65. The van der Waals surface area contributed by atoms with Gasteiger partial charge in [0, 0.05) is 41.1 Å². The van der Waals surface area contributed by atoms with Crippen LogP contribution in [0.5, 0.6) is 5.75 Å². The topological polar surface area (TPSA) is 71.5 Å². The van der Waals surface area contributed by atoms with Crippen LogP contribution in [0.3, 0.4) is 0 Å². The monoisotopic (exact) mass is 497 g/mol. The first-order valence-electron chi connectivity index (χ1n) is 11.4. The van der Waals surface area contributed by atoms with E-state index in [0.29, 0.717) is 36.0 Å². The largest absolute Gasteiger partial charge is 0.484 e. The molecule has 1 fully saturated rings. The number of nitrogens with zero attached hydrogens (tertiary/aromatic N) is 2. The van der Waals surface area contributed by atoms with E-state index in [0.717, 1.165) is 30.7 Å². The fourth-order valence-corrected chi connectivity index (χ4v) is 5.01. The van der Waals surface area contributed by atoms with Gasteiger partial charge in [-0.2, -0.15) is 0 Å². The van der Waals surface area contributed by atoms with Crippen molar-refractivity contribution in [3.05, 3.63) is 80.8 Å². The maximum Gasteiger partial charge on any atom is 0.260 e. The summed E-state index contributed by atoms with van der Waals surface area (Å²) in [4.78, 5) is 33.4. The number of hydrogen-bond donors (Lipinski definition) is 1.